The van der Waals surface area contributed by atoms with Crippen LogP contribution in [0.5, 0.6) is 5.75 Å². The van der Waals surface area contributed by atoms with Crippen molar-refractivity contribution in [1.82, 2.24) is 4.98 Å². The van der Waals surface area contributed by atoms with Crippen LogP contribution in [0.3, 0.4) is 0 Å². The van der Waals surface area contributed by atoms with Gasteiger partial charge in [0.15, 0.2) is 0 Å². The summed E-state index contributed by atoms with van der Waals surface area (Å²) in [6.07, 6.45) is 1.99. The van der Waals surface area contributed by atoms with Crippen molar-refractivity contribution >= 4 is 0 Å². The Kier molecular flexibility index (Phi) is 2.76. The molecule has 3 heteroatoms. The third kappa shape index (κ3) is 1.87. The van der Waals surface area contributed by atoms with Crippen molar-refractivity contribution in [1.29, 1.82) is 0 Å². The minimum Gasteiger partial charge on any atom is -0.493 e. The summed E-state index contributed by atoms with van der Waals surface area (Å²) in [6, 6.07) is 9.69. The highest BCUT2D eigenvalue weighted by Crippen LogP contribution is 2.35. The van der Waals surface area contributed by atoms with E-state index in [0.29, 0.717) is 6.61 Å². The van der Waals surface area contributed by atoms with Crippen molar-refractivity contribution < 1.29 is 9.84 Å². The number of ether oxygens (including phenoxy) is 1. The molecule has 18 heavy (non-hydrogen) atoms. The van der Waals surface area contributed by atoms with Crippen LogP contribution in [0.4, 0.5) is 0 Å². The number of aromatic nitrogens is 1. The highest BCUT2D eigenvalue weighted by atomic mass is 16.5. The van der Waals surface area contributed by atoms with Crippen LogP contribution in [-0.4, -0.2) is 16.7 Å². The van der Waals surface area contributed by atoms with Gasteiger partial charge >= 0.3 is 0 Å². The molecular formula is C15H15NO2. The lowest BCUT2D eigenvalue weighted by atomic mass is 9.98. The van der Waals surface area contributed by atoms with E-state index >= 15 is 0 Å². The van der Waals surface area contributed by atoms with Crippen molar-refractivity contribution in [2.45, 2.75) is 19.4 Å². The van der Waals surface area contributed by atoms with Gasteiger partial charge in [-0.1, -0.05) is 18.2 Å². The summed E-state index contributed by atoms with van der Waals surface area (Å²) in [5.41, 5.74) is 3.78. The van der Waals surface area contributed by atoms with Crippen LogP contribution >= 0.6 is 0 Å². The fraction of sp³-hybridized carbons (Fsp3) is 0.267. The molecule has 1 aliphatic rings. The van der Waals surface area contributed by atoms with Gasteiger partial charge in [0.25, 0.3) is 0 Å². The molecule has 1 aliphatic heterocycles. The lowest BCUT2D eigenvalue weighted by Gasteiger charge is -2.15. The van der Waals surface area contributed by atoms with E-state index in [2.05, 4.69) is 11.1 Å². The largest absolute Gasteiger partial charge is 0.493 e. The van der Waals surface area contributed by atoms with Gasteiger partial charge in [-0.05, 0) is 30.2 Å². The Morgan fingerprint density at radius 3 is 3.06 bits per heavy atom. The second-order valence-corrected chi connectivity index (χ2v) is 4.57. The second-order valence-electron chi connectivity index (χ2n) is 4.57. The van der Waals surface area contributed by atoms with Gasteiger partial charge < -0.3 is 9.84 Å². The van der Waals surface area contributed by atoms with Gasteiger partial charge in [-0.3, -0.25) is 4.98 Å². The first kappa shape index (κ1) is 11.2. The topological polar surface area (TPSA) is 42.4 Å². The molecule has 3 rings (SSSR count). The molecule has 0 spiro atoms. The normalized spacial score (nSPS) is 15.0. The zero-order valence-corrected chi connectivity index (χ0v) is 10.3. The lowest BCUT2D eigenvalue weighted by molar-refractivity contribution is 0.213. The molecule has 1 N–H and O–H groups in total. The molecule has 1 atom stereocenters. The average molecular weight is 241 g/mol. The Labute approximate surface area is 106 Å². The van der Waals surface area contributed by atoms with Gasteiger partial charge in [0.05, 0.1) is 6.61 Å². The summed E-state index contributed by atoms with van der Waals surface area (Å²) in [6.45, 7) is 2.62. The Hall–Kier alpha value is -1.87. The number of hydrogen-bond donors (Lipinski definition) is 1. The number of nitrogens with zero attached hydrogens (tertiary/aromatic N) is 1. The first-order valence-electron chi connectivity index (χ1n) is 6.11. The zero-order chi connectivity index (χ0) is 12.5. The molecule has 0 amide bonds. The van der Waals surface area contributed by atoms with Crippen molar-refractivity contribution in [3.63, 3.8) is 0 Å². The Bertz CT molecular complexity index is 580. The number of fused-ring (bicyclic) bond motifs is 1. The van der Waals surface area contributed by atoms with Crippen LogP contribution < -0.4 is 4.74 Å². The minimum absolute atomic E-state index is 0.653. The lowest BCUT2D eigenvalue weighted by Crippen LogP contribution is -2.03. The molecular weight excluding hydrogens is 226 g/mol. The zero-order valence-electron chi connectivity index (χ0n) is 10.3. The van der Waals surface area contributed by atoms with Crippen LogP contribution in [0, 0.1) is 6.92 Å². The fourth-order valence-electron chi connectivity index (χ4n) is 2.37. The van der Waals surface area contributed by atoms with Crippen LogP contribution in [0.2, 0.25) is 0 Å². The maximum Gasteiger partial charge on any atom is 0.128 e. The van der Waals surface area contributed by atoms with Crippen LogP contribution in [0.1, 0.15) is 28.5 Å². The predicted molar refractivity (Wildman–Crippen MR) is 68.7 cm³/mol. The van der Waals surface area contributed by atoms with E-state index in [4.69, 9.17) is 4.74 Å². The molecule has 0 aliphatic carbocycles. The van der Waals surface area contributed by atoms with E-state index in [1.54, 1.807) is 6.20 Å². The Morgan fingerprint density at radius 1 is 1.33 bits per heavy atom. The number of pyridine rings is 1. The fourth-order valence-corrected chi connectivity index (χ4v) is 2.37. The monoisotopic (exact) mass is 241 g/mol. The highest BCUT2D eigenvalue weighted by molar-refractivity contribution is 5.47. The van der Waals surface area contributed by atoms with E-state index in [0.717, 1.165) is 29.0 Å². The third-order valence-electron chi connectivity index (χ3n) is 3.28. The van der Waals surface area contributed by atoms with Gasteiger partial charge in [0.2, 0.25) is 0 Å². The molecule has 92 valence electrons. The molecule has 1 aromatic carbocycles. The Balaban J connectivity index is 2.03. The van der Waals surface area contributed by atoms with E-state index in [1.165, 1.54) is 5.56 Å². The first-order chi connectivity index (χ1) is 8.75. The molecule has 2 aromatic rings. The highest BCUT2D eigenvalue weighted by Gasteiger charge is 2.21. The number of aryl methyl sites for hydroxylation is 1. The summed E-state index contributed by atoms with van der Waals surface area (Å²) in [5, 5.41) is 10.5. The standard InChI is InChI=1S/C15H15NO2/c1-10-9-12(5-7-16-10)14(17)13-4-2-3-11-6-8-18-15(11)13/h2-5,7,9,14,17H,6,8H2,1H3. The minimum atomic E-state index is -0.653. The SMILES string of the molecule is Cc1cc(C(O)c2cccc3c2OCC3)ccn1. The first-order valence-corrected chi connectivity index (χ1v) is 6.11. The molecule has 2 heterocycles. The molecule has 3 nitrogen and oxygen atoms in total. The van der Waals surface area contributed by atoms with Crippen LogP contribution in [0.25, 0.3) is 0 Å². The van der Waals surface area contributed by atoms with Gasteiger partial charge in [0.1, 0.15) is 11.9 Å². The van der Waals surface area contributed by atoms with E-state index < -0.39 is 6.10 Å². The second kappa shape index (κ2) is 4.42. The van der Waals surface area contributed by atoms with Crippen molar-refractivity contribution in [2.24, 2.45) is 0 Å². The smallest absolute Gasteiger partial charge is 0.128 e. The van der Waals surface area contributed by atoms with Crippen LogP contribution in [0.15, 0.2) is 36.5 Å². The number of aliphatic hydroxyl groups excluding tert-OH is 1. The number of para-hydroxylation sites is 1. The molecule has 0 bridgehead atoms. The van der Waals surface area contributed by atoms with Crippen molar-refractivity contribution in [2.75, 3.05) is 6.61 Å². The predicted octanol–water partition coefficient (Wildman–Crippen LogP) is 2.41. The Morgan fingerprint density at radius 2 is 2.22 bits per heavy atom. The summed E-state index contributed by atoms with van der Waals surface area (Å²) in [5.74, 6) is 0.847. The number of aliphatic hydroxyl groups is 1. The summed E-state index contributed by atoms with van der Waals surface area (Å²) < 4.78 is 5.63. The van der Waals surface area contributed by atoms with Gasteiger partial charge in [0, 0.05) is 23.9 Å². The molecule has 0 fully saturated rings. The number of hydrogen-bond acceptors (Lipinski definition) is 3. The number of rotatable bonds is 2. The van der Waals surface area contributed by atoms with Gasteiger partial charge in [-0.15, -0.1) is 0 Å². The van der Waals surface area contributed by atoms with Gasteiger partial charge in [-0.25, -0.2) is 0 Å². The number of benzene rings is 1. The summed E-state index contributed by atoms with van der Waals surface area (Å²) in [7, 11) is 0. The van der Waals surface area contributed by atoms with Gasteiger partial charge in [-0.2, -0.15) is 0 Å². The summed E-state index contributed by atoms with van der Waals surface area (Å²) >= 11 is 0. The molecule has 1 aromatic heterocycles. The van der Waals surface area contributed by atoms with Crippen LogP contribution in [-0.2, 0) is 6.42 Å². The molecule has 0 saturated carbocycles. The third-order valence-corrected chi connectivity index (χ3v) is 3.28. The molecule has 0 radical (unpaired) electrons. The maximum atomic E-state index is 10.5. The molecule has 1 unspecified atom stereocenters. The van der Waals surface area contributed by atoms with Crippen molar-refractivity contribution in [3.8, 4) is 5.75 Å². The van der Waals surface area contributed by atoms with E-state index in [1.807, 2.05) is 31.2 Å². The summed E-state index contributed by atoms with van der Waals surface area (Å²) in [4.78, 5) is 4.15. The maximum absolute atomic E-state index is 10.5. The average Bonchev–Trinajstić information content (AvgIpc) is 2.86. The van der Waals surface area contributed by atoms with E-state index in [-0.39, 0.29) is 0 Å². The van der Waals surface area contributed by atoms with E-state index in [9.17, 15) is 5.11 Å². The quantitative estimate of drug-likeness (QED) is 0.878. The van der Waals surface area contributed by atoms with Crippen molar-refractivity contribution in [3.05, 3.63) is 58.9 Å². The molecule has 0 saturated heterocycles.